The van der Waals surface area contributed by atoms with Crippen molar-refractivity contribution >= 4 is 52.5 Å². The molecule has 0 spiro atoms. The van der Waals surface area contributed by atoms with Gasteiger partial charge in [-0.05, 0) is 61.0 Å². The van der Waals surface area contributed by atoms with Gasteiger partial charge in [0.05, 0.1) is 21.7 Å². The van der Waals surface area contributed by atoms with Gasteiger partial charge in [-0.1, -0.05) is 39.3 Å². The number of halogens is 1. The molecule has 1 unspecified atom stereocenters. The van der Waals surface area contributed by atoms with E-state index in [0.717, 1.165) is 60.4 Å². The van der Waals surface area contributed by atoms with Crippen LogP contribution in [0.3, 0.4) is 0 Å². The average Bonchev–Trinajstić information content (AvgIpc) is 3.42. The van der Waals surface area contributed by atoms with E-state index in [1.54, 1.807) is 30.3 Å². The Balaban J connectivity index is 0.818. The number of fused-ring (bicyclic) bond motifs is 1. The molecule has 8 rings (SSSR count). The number of carbonyl (C=O) groups excluding carboxylic acids is 5. The summed E-state index contributed by atoms with van der Waals surface area (Å²) in [5.41, 5.74) is 2.78. The van der Waals surface area contributed by atoms with Gasteiger partial charge in [-0.15, -0.1) is 0 Å². The van der Waals surface area contributed by atoms with Crippen LogP contribution >= 0.6 is 11.6 Å². The number of anilines is 2. The van der Waals surface area contributed by atoms with Crippen molar-refractivity contribution in [3.05, 3.63) is 87.9 Å². The molecule has 1 N–H and O–H groups in total. The monoisotopic (exact) mass is 791 g/mol. The molecular weight excluding hydrogens is 746 g/mol. The zero-order valence-electron chi connectivity index (χ0n) is 32.8. The molecule has 296 valence electrons. The van der Waals surface area contributed by atoms with Crippen molar-refractivity contribution in [1.29, 1.82) is 5.26 Å². The molecule has 1 saturated carbocycles. The second-order valence-electron chi connectivity index (χ2n) is 17.0. The smallest absolute Gasteiger partial charge is 0.262 e. The van der Waals surface area contributed by atoms with Crippen LogP contribution in [-0.4, -0.2) is 115 Å². The van der Waals surface area contributed by atoms with Crippen molar-refractivity contribution in [1.82, 2.24) is 20.0 Å². The molecule has 3 saturated heterocycles. The first-order valence-corrected chi connectivity index (χ1v) is 19.8. The van der Waals surface area contributed by atoms with E-state index in [2.05, 4.69) is 53.8 Å². The molecule has 3 aromatic carbocycles. The first-order valence-electron chi connectivity index (χ1n) is 19.4. The maximum Gasteiger partial charge on any atom is 0.262 e. The van der Waals surface area contributed by atoms with Gasteiger partial charge in [0, 0.05) is 98.7 Å². The Labute approximate surface area is 337 Å². The van der Waals surface area contributed by atoms with E-state index in [0.29, 0.717) is 33.5 Å². The van der Waals surface area contributed by atoms with Crippen LogP contribution in [0.5, 0.6) is 5.75 Å². The molecule has 4 aliphatic heterocycles. The Morgan fingerprint density at radius 3 is 2.14 bits per heavy atom. The highest BCUT2D eigenvalue weighted by Gasteiger charge is 2.64. The van der Waals surface area contributed by atoms with E-state index in [-0.39, 0.29) is 53.2 Å². The number of imide groups is 2. The number of nitriles is 1. The van der Waals surface area contributed by atoms with Crippen molar-refractivity contribution in [3.8, 4) is 11.8 Å². The SMILES string of the molecule is CN1C(=O)CCC(N2C(=O)c3ccc(N4CC(N5CCN(c6ccc(C(=O)N[C@H]7C(C)(C)[C@H](Oc8ccc(C#N)c(Cl)c8)C7(C)C)cc6)CC5)C4)cc3C2=O)C1=O. The van der Waals surface area contributed by atoms with Crippen molar-refractivity contribution in [2.75, 3.05) is 56.1 Å². The van der Waals surface area contributed by atoms with Crippen LogP contribution < -0.4 is 19.9 Å². The Morgan fingerprint density at radius 1 is 0.842 bits per heavy atom. The molecule has 4 heterocycles. The number of benzene rings is 3. The first-order chi connectivity index (χ1) is 27.1. The minimum atomic E-state index is -0.968. The summed E-state index contributed by atoms with van der Waals surface area (Å²) in [7, 11) is 1.39. The quantitative estimate of drug-likeness (QED) is 0.322. The highest BCUT2D eigenvalue weighted by molar-refractivity contribution is 6.31. The number of likely N-dealkylation sites (tertiary alicyclic amines) is 1. The molecule has 5 amide bonds. The Hall–Kier alpha value is -5.45. The fourth-order valence-electron chi connectivity index (χ4n) is 9.74. The summed E-state index contributed by atoms with van der Waals surface area (Å²) in [6, 6.07) is 19.5. The Morgan fingerprint density at radius 2 is 1.49 bits per heavy atom. The van der Waals surface area contributed by atoms with Crippen molar-refractivity contribution < 1.29 is 28.7 Å². The normalized spacial score (nSPS) is 24.5. The number of nitrogens with one attached hydrogen (secondary N) is 1. The lowest BCUT2D eigenvalue weighted by Crippen LogP contribution is -2.74. The molecule has 0 aromatic heterocycles. The number of piperidine rings is 1. The predicted octanol–water partition coefficient (Wildman–Crippen LogP) is 4.58. The van der Waals surface area contributed by atoms with Gasteiger partial charge in [-0.25, -0.2) is 0 Å². The highest BCUT2D eigenvalue weighted by Crippen LogP contribution is 2.55. The molecule has 0 radical (unpaired) electrons. The van der Waals surface area contributed by atoms with E-state index in [9.17, 15) is 29.2 Å². The summed E-state index contributed by atoms with van der Waals surface area (Å²) in [6.45, 7) is 13.4. The standard InChI is InChI=1S/C43H46ClN7O6/c1-42(2)40(43(3,4)41(42)57-30-12-8-26(22-45)33(44)21-30)46-36(53)25-6-9-27(10-7-25)48-16-18-49(19-17-48)29-23-50(24-29)28-11-13-31-32(20-28)38(55)51(37(31)54)34-14-15-35(52)47(5)39(34)56/h6-13,20-21,29,34,40-41H,14-19,23-24H2,1-5H3,(H,46,53)/t34?,40-,41-. The minimum Gasteiger partial charge on any atom is -0.489 e. The minimum absolute atomic E-state index is 0.108. The molecule has 5 aliphatic rings. The summed E-state index contributed by atoms with van der Waals surface area (Å²) in [6.07, 6.45) is 0.0570. The number of hydrogen-bond donors (Lipinski definition) is 1. The predicted molar refractivity (Wildman–Crippen MR) is 213 cm³/mol. The summed E-state index contributed by atoms with van der Waals surface area (Å²) >= 11 is 6.25. The van der Waals surface area contributed by atoms with Gasteiger partial charge < -0.3 is 19.9 Å². The van der Waals surface area contributed by atoms with E-state index < -0.39 is 23.8 Å². The number of rotatable bonds is 8. The van der Waals surface area contributed by atoms with Crippen LogP contribution in [0.25, 0.3) is 0 Å². The van der Waals surface area contributed by atoms with Gasteiger partial charge in [-0.3, -0.25) is 38.7 Å². The second kappa shape index (κ2) is 14.2. The van der Waals surface area contributed by atoms with Crippen molar-refractivity contribution in [2.24, 2.45) is 10.8 Å². The molecule has 4 fully saturated rings. The second-order valence-corrected chi connectivity index (χ2v) is 17.4. The van der Waals surface area contributed by atoms with Gasteiger partial charge >= 0.3 is 0 Å². The van der Waals surface area contributed by atoms with Crippen LogP contribution in [-0.2, 0) is 9.59 Å². The van der Waals surface area contributed by atoms with Crippen molar-refractivity contribution in [2.45, 2.75) is 64.8 Å². The summed E-state index contributed by atoms with van der Waals surface area (Å²) in [4.78, 5) is 73.9. The van der Waals surface area contributed by atoms with Crippen LogP contribution in [0.2, 0.25) is 5.02 Å². The van der Waals surface area contributed by atoms with Crippen molar-refractivity contribution in [3.63, 3.8) is 0 Å². The zero-order valence-corrected chi connectivity index (χ0v) is 33.5. The number of nitrogens with zero attached hydrogens (tertiary/aromatic N) is 6. The van der Waals surface area contributed by atoms with Gasteiger partial charge in [0.2, 0.25) is 5.91 Å². The maximum atomic E-state index is 13.5. The van der Waals surface area contributed by atoms with Crippen LogP contribution in [0.1, 0.15) is 77.2 Å². The maximum absolute atomic E-state index is 13.5. The largest absolute Gasteiger partial charge is 0.489 e. The van der Waals surface area contributed by atoms with Crippen LogP contribution in [0.4, 0.5) is 11.4 Å². The number of likely N-dealkylation sites (N-methyl/N-ethyl adjacent to an activating group) is 1. The Kier molecular flexibility index (Phi) is 9.56. The molecular formula is C43H46ClN7O6. The summed E-state index contributed by atoms with van der Waals surface area (Å²) < 4.78 is 6.37. The fourth-order valence-corrected chi connectivity index (χ4v) is 9.95. The topological polar surface area (TPSA) is 147 Å². The van der Waals surface area contributed by atoms with Gasteiger partial charge in [0.25, 0.3) is 23.6 Å². The van der Waals surface area contributed by atoms with Gasteiger partial charge in [-0.2, -0.15) is 5.26 Å². The molecule has 13 nitrogen and oxygen atoms in total. The third-order valence-electron chi connectivity index (χ3n) is 12.8. The molecule has 0 bridgehead atoms. The van der Waals surface area contributed by atoms with E-state index in [4.69, 9.17) is 16.3 Å². The molecule has 14 heteroatoms. The van der Waals surface area contributed by atoms with E-state index in [1.165, 1.54) is 7.05 Å². The van der Waals surface area contributed by atoms with Gasteiger partial charge in [0.15, 0.2) is 0 Å². The highest BCUT2D eigenvalue weighted by atomic mass is 35.5. The number of ether oxygens (including phenoxy) is 1. The van der Waals surface area contributed by atoms with Crippen LogP contribution in [0.15, 0.2) is 60.7 Å². The zero-order chi connectivity index (χ0) is 40.6. The van der Waals surface area contributed by atoms with Crippen LogP contribution in [0, 0.1) is 22.2 Å². The third kappa shape index (κ3) is 6.48. The van der Waals surface area contributed by atoms with E-state index in [1.807, 2.05) is 30.3 Å². The molecule has 3 aromatic rings. The van der Waals surface area contributed by atoms with E-state index >= 15 is 0 Å². The number of piperazine rings is 1. The molecule has 1 aliphatic carbocycles. The van der Waals surface area contributed by atoms with Gasteiger partial charge in [0.1, 0.15) is 24.0 Å². The lowest BCUT2D eigenvalue weighted by molar-refractivity contribution is -0.164. The number of amides is 5. The summed E-state index contributed by atoms with van der Waals surface area (Å²) in [5, 5.41) is 12.8. The molecule has 57 heavy (non-hydrogen) atoms. The number of hydrogen-bond acceptors (Lipinski definition) is 10. The molecule has 1 atom stereocenters. The number of carbonyl (C=O) groups is 5. The fraction of sp³-hybridized carbons (Fsp3) is 0.442. The lowest BCUT2D eigenvalue weighted by atomic mass is 9.49. The first kappa shape index (κ1) is 38.4. The lowest BCUT2D eigenvalue weighted by Gasteiger charge is -2.63. The average molecular weight is 792 g/mol. The Bertz CT molecular complexity index is 2200. The summed E-state index contributed by atoms with van der Waals surface area (Å²) in [5.74, 6) is -1.36. The third-order valence-corrected chi connectivity index (χ3v) is 13.1.